The molecule has 72 valence electrons. The maximum absolute atomic E-state index is 5.07. The maximum atomic E-state index is 5.07. The Hall–Kier alpha value is -0.340. The van der Waals surface area contributed by atoms with Crippen molar-refractivity contribution < 1.29 is 4.74 Å². The lowest BCUT2D eigenvalue weighted by Gasteiger charge is -2.10. The van der Waals surface area contributed by atoms with Gasteiger partial charge in [0.25, 0.3) is 0 Å². The fourth-order valence-corrected chi connectivity index (χ4v) is 1.03. The second kappa shape index (κ2) is 7.32. The predicted octanol–water partition coefficient (Wildman–Crippen LogP) is 1.82. The first kappa shape index (κ1) is 11.7. The third kappa shape index (κ3) is 5.33. The van der Waals surface area contributed by atoms with E-state index in [1.807, 2.05) is 7.05 Å². The average molecular weight is 171 g/mol. The monoisotopic (exact) mass is 171 g/mol. The Morgan fingerprint density at radius 1 is 1.58 bits per heavy atom. The highest BCUT2D eigenvalue weighted by molar-refractivity contribution is 5.02. The van der Waals surface area contributed by atoms with Crippen LogP contribution in [0.3, 0.4) is 0 Å². The van der Waals surface area contributed by atoms with Crippen molar-refractivity contribution in [1.29, 1.82) is 0 Å². The van der Waals surface area contributed by atoms with E-state index >= 15 is 0 Å². The number of ether oxygens (including phenoxy) is 1. The minimum Gasteiger partial charge on any atom is -0.384 e. The lowest BCUT2D eigenvalue weighted by atomic mass is 10.0. The SMILES string of the molecule is CNCC/C=C(/C)C(C)COC. The van der Waals surface area contributed by atoms with Crippen LogP contribution in [0.5, 0.6) is 0 Å². The fraction of sp³-hybridized carbons (Fsp3) is 0.800. The van der Waals surface area contributed by atoms with Crippen LogP contribution < -0.4 is 5.32 Å². The van der Waals surface area contributed by atoms with E-state index in [1.54, 1.807) is 7.11 Å². The second-order valence-electron chi connectivity index (χ2n) is 3.20. The van der Waals surface area contributed by atoms with Crippen LogP contribution in [0.1, 0.15) is 20.3 Å². The van der Waals surface area contributed by atoms with E-state index in [-0.39, 0.29) is 0 Å². The van der Waals surface area contributed by atoms with Gasteiger partial charge in [0, 0.05) is 13.0 Å². The van der Waals surface area contributed by atoms with E-state index in [4.69, 9.17) is 4.74 Å². The number of rotatable bonds is 6. The summed E-state index contributed by atoms with van der Waals surface area (Å²) in [7, 11) is 3.72. The molecule has 0 aromatic rings. The summed E-state index contributed by atoms with van der Waals surface area (Å²) in [6, 6.07) is 0. The minimum atomic E-state index is 0.548. The summed E-state index contributed by atoms with van der Waals surface area (Å²) in [6.07, 6.45) is 3.39. The molecule has 0 aliphatic heterocycles. The topological polar surface area (TPSA) is 21.3 Å². The Balaban J connectivity index is 3.65. The molecule has 12 heavy (non-hydrogen) atoms. The van der Waals surface area contributed by atoms with Crippen LogP contribution in [0.15, 0.2) is 11.6 Å². The molecule has 0 radical (unpaired) electrons. The van der Waals surface area contributed by atoms with Crippen molar-refractivity contribution in [2.45, 2.75) is 20.3 Å². The molecule has 0 saturated heterocycles. The van der Waals surface area contributed by atoms with Crippen molar-refractivity contribution in [3.8, 4) is 0 Å². The van der Waals surface area contributed by atoms with Gasteiger partial charge in [-0.25, -0.2) is 0 Å². The summed E-state index contributed by atoms with van der Waals surface area (Å²) < 4.78 is 5.07. The van der Waals surface area contributed by atoms with Crippen molar-refractivity contribution in [2.75, 3.05) is 27.3 Å². The van der Waals surface area contributed by atoms with Crippen molar-refractivity contribution in [3.63, 3.8) is 0 Å². The molecule has 0 saturated carbocycles. The first-order chi connectivity index (χ1) is 5.72. The summed E-state index contributed by atoms with van der Waals surface area (Å²) in [6.45, 7) is 6.23. The standard InChI is InChI=1S/C10H21NO/c1-9(6-5-7-11-3)10(2)8-12-4/h6,10-11H,5,7-8H2,1-4H3/b9-6-. The van der Waals surface area contributed by atoms with Crippen LogP contribution in [0.4, 0.5) is 0 Å². The second-order valence-corrected chi connectivity index (χ2v) is 3.20. The van der Waals surface area contributed by atoms with Crippen molar-refractivity contribution in [3.05, 3.63) is 11.6 Å². The molecule has 0 spiro atoms. The summed E-state index contributed by atoms with van der Waals surface area (Å²) in [4.78, 5) is 0. The molecule has 0 heterocycles. The van der Waals surface area contributed by atoms with Crippen LogP contribution in [0.2, 0.25) is 0 Å². The van der Waals surface area contributed by atoms with Crippen molar-refractivity contribution >= 4 is 0 Å². The molecule has 0 aromatic carbocycles. The van der Waals surface area contributed by atoms with Gasteiger partial charge in [-0.1, -0.05) is 18.6 Å². The van der Waals surface area contributed by atoms with Crippen LogP contribution in [0.25, 0.3) is 0 Å². The lowest BCUT2D eigenvalue weighted by molar-refractivity contribution is 0.172. The van der Waals surface area contributed by atoms with Crippen molar-refractivity contribution in [1.82, 2.24) is 5.32 Å². The summed E-state index contributed by atoms with van der Waals surface area (Å²) in [5.41, 5.74) is 1.42. The molecule has 0 rings (SSSR count). The minimum absolute atomic E-state index is 0.548. The molecular weight excluding hydrogens is 150 g/mol. The van der Waals surface area contributed by atoms with Gasteiger partial charge in [-0.15, -0.1) is 0 Å². The largest absolute Gasteiger partial charge is 0.384 e. The van der Waals surface area contributed by atoms with Gasteiger partial charge >= 0.3 is 0 Å². The van der Waals surface area contributed by atoms with E-state index in [2.05, 4.69) is 25.2 Å². The van der Waals surface area contributed by atoms with Crippen LogP contribution in [-0.2, 0) is 4.74 Å². The van der Waals surface area contributed by atoms with Crippen molar-refractivity contribution in [2.24, 2.45) is 5.92 Å². The number of hydrogen-bond acceptors (Lipinski definition) is 2. The molecule has 0 aliphatic carbocycles. The maximum Gasteiger partial charge on any atom is 0.0524 e. The average Bonchev–Trinajstić information content (AvgIpc) is 2.05. The first-order valence-electron chi connectivity index (χ1n) is 4.52. The van der Waals surface area contributed by atoms with Crippen LogP contribution >= 0.6 is 0 Å². The molecule has 1 atom stereocenters. The molecule has 0 aliphatic rings. The molecule has 2 nitrogen and oxygen atoms in total. The number of methoxy groups -OCH3 is 1. The third-order valence-electron chi connectivity index (χ3n) is 2.05. The summed E-state index contributed by atoms with van der Waals surface area (Å²) >= 11 is 0. The summed E-state index contributed by atoms with van der Waals surface area (Å²) in [5, 5.41) is 3.12. The van der Waals surface area contributed by atoms with Gasteiger partial charge in [0.05, 0.1) is 6.61 Å². The number of hydrogen-bond donors (Lipinski definition) is 1. The highest BCUT2D eigenvalue weighted by Gasteiger charge is 2.01. The van der Waals surface area contributed by atoms with E-state index in [0.717, 1.165) is 19.6 Å². The Kier molecular flexibility index (Phi) is 7.11. The molecule has 0 amide bonds. The van der Waals surface area contributed by atoms with Crippen LogP contribution in [0, 0.1) is 5.92 Å². The highest BCUT2D eigenvalue weighted by Crippen LogP contribution is 2.09. The fourth-order valence-electron chi connectivity index (χ4n) is 1.03. The molecule has 0 aromatic heterocycles. The van der Waals surface area contributed by atoms with Gasteiger partial charge in [-0.2, -0.15) is 0 Å². The Bertz CT molecular complexity index is 132. The summed E-state index contributed by atoms with van der Waals surface area (Å²) in [5.74, 6) is 0.548. The quantitative estimate of drug-likeness (QED) is 0.486. The first-order valence-corrected chi connectivity index (χ1v) is 4.52. The zero-order valence-electron chi connectivity index (χ0n) is 8.68. The van der Waals surface area contributed by atoms with Gasteiger partial charge in [0.15, 0.2) is 0 Å². The van der Waals surface area contributed by atoms with Gasteiger partial charge in [0.1, 0.15) is 0 Å². The number of nitrogens with one attached hydrogen (secondary N) is 1. The molecular formula is C10H21NO. The van der Waals surface area contributed by atoms with Gasteiger partial charge < -0.3 is 10.1 Å². The van der Waals surface area contributed by atoms with Gasteiger partial charge in [0.2, 0.25) is 0 Å². The third-order valence-corrected chi connectivity index (χ3v) is 2.05. The highest BCUT2D eigenvalue weighted by atomic mass is 16.5. The molecule has 0 bridgehead atoms. The molecule has 2 heteroatoms. The Morgan fingerprint density at radius 3 is 2.75 bits per heavy atom. The zero-order valence-corrected chi connectivity index (χ0v) is 8.68. The van der Waals surface area contributed by atoms with Gasteiger partial charge in [-0.3, -0.25) is 0 Å². The smallest absolute Gasteiger partial charge is 0.0524 e. The molecule has 1 N–H and O–H groups in total. The normalized spacial score (nSPS) is 14.8. The zero-order chi connectivity index (χ0) is 9.40. The Labute approximate surface area is 76.0 Å². The van der Waals surface area contributed by atoms with Crippen LogP contribution in [-0.4, -0.2) is 27.3 Å². The predicted molar refractivity (Wildman–Crippen MR) is 53.3 cm³/mol. The molecule has 0 fully saturated rings. The van der Waals surface area contributed by atoms with E-state index < -0.39 is 0 Å². The van der Waals surface area contributed by atoms with E-state index in [9.17, 15) is 0 Å². The molecule has 1 unspecified atom stereocenters. The van der Waals surface area contributed by atoms with E-state index in [1.165, 1.54) is 5.57 Å². The lowest BCUT2D eigenvalue weighted by Crippen LogP contribution is -2.08. The van der Waals surface area contributed by atoms with E-state index in [0.29, 0.717) is 5.92 Å². The van der Waals surface area contributed by atoms with Gasteiger partial charge in [-0.05, 0) is 26.9 Å². The Morgan fingerprint density at radius 2 is 2.25 bits per heavy atom.